The van der Waals surface area contributed by atoms with Crippen LogP contribution >= 0.6 is 11.6 Å². The SMILES string of the molecule is CCC(CCl)(OC)OC. The average Bonchev–Trinajstić information content (AvgIpc) is 1.95. The fourth-order valence-corrected chi connectivity index (χ4v) is 0.983. The van der Waals surface area contributed by atoms with Gasteiger partial charge in [0, 0.05) is 14.2 Å². The molecule has 3 heteroatoms. The minimum Gasteiger partial charge on any atom is -0.352 e. The van der Waals surface area contributed by atoms with Crippen molar-refractivity contribution in [3.05, 3.63) is 0 Å². The van der Waals surface area contributed by atoms with Gasteiger partial charge in [-0.3, -0.25) is 0 Å². The van der Waals surface area contributed by atoms with Gasteiger partial charge in [0.15, 0.2) is 5.79 Å². The summed E-state index contributed by atoms with van der Waals surface area (Å²) in [6.45, 7) is 1.97. The lowest BCUT2D eigenvalue weighted by Crippen LogP contribution is -2.34. The standard InChI is InChI=1S/C6H13ClO2/c1-4-6(5-7,8-2)9-3/h4-5H2,1-3H3. The molecule has 0 bridgehead atoms. The van der Waals surface area contributed by atoms with Gasteiger partial charge in [0.2, 0.25) is 0 Å². The van der Waals surface area contributed by atoms with Gasteiger partial charge in [-0.2, -0.15) is 0 Å². The van der Waals surface area contributed by atoms with Crippen LogP contribution in [-0.2, 0) is 9.47 Å². The molecule has 0 saturated heterocycles. The van der Waals surface area contributed by atoms with E-state index in [0.29, 0.717) is 5.88 Å². The van der Waals surface area contributed by atoms with Gasteiger partial charge >= 0.3 is 0 Å². The molecule has 0 amide bonds. The summed E-state index contributed by atoms with van der Waals surface area (Å²) in [4.78, 5) is 0. The van der Waals surface area contributed by atoms with Crippen molar-refractivity contribution in [1.29, 1.82) is 0 Å². The lowest BCUT2D eigenvalue weighted by Gasteiger charge is -2.26. The molecule has 0 heterocycles. The molecule has 0 aliphatic rings. The van der Waals surface area contributed by atoms with Crippen LogP contribution in [0.25, 0.3) is 0 Å². The van der Waals surface area contributed by atoms with E-state index in [9.17, 15) is 0 Å². The molecule has 0 aliphatic carbocycles. The van der Waals surface area contributed by atoms with Gasteiger partial charge in [-0.1, -0.05) is 6.92 Å². The molecule has 0 spiro atoms. The van der Waals surface area contributed by atoms with Gasteiger partial charge in [0.25, 0.3) is 0 Å². The van der Waals surface area contributed by atoms with E-state index < -0.39 is 5.79 Å². The number of hydrogen-bond acceptors (Lipinski definition) is 2. The molecular weight excluding hydrogens is 140 g/mol. The molecule has 9 heavy (non-hydrogen) atoms. The first-order valence-electron chi connectivity index (χ1n) is 2.91. The Labute approximate surface area is 61.1 Å². The number of alkyl halides is 1. The van der Waals surface area contributed by atoms with Gasteiger partial charge in [0.1, 0.15) is 0 Å². The minimum absolute atomic E-state index is 0.372. The molecule has 0 aliphatic heterocycles. The van der Waals surface area contributed by atoms with E-state index in [0.717, 1.165) is 6.42 Å². The molecule has 0 atom stereocenters. The summed E-state index contributed by atoms with van der Waals surface area (Å²) >= 11 is 5.57. The largest absolute Gasteiger partial charge is 0.352 e. The molecule has 0 N–H and O–H groups in total. The van der Waals surface area contributed by atoms with Gasteiger partial charge in [-0.15, -0.1) is 11.6 Å². The van der Waals surface area contributed by atoms with E-state index in [1.54, 1.807) is 14.2 Å². The highest BCUT2D eigenvalue weighted by Crippen LogP contribution is 2.16. The summed E-state index contributed by atoms with van der Waals surface area (Å²) in [6, 6.07) is 0. The first-order valence-corrected chi connectivity index (χ1v) is 3.44. The summed E-state index contributed by atoms with van der Waals surface area (Å²) in [5.74, 6) is -0.196. The third-order valence-electron chi connectivity index (χ3n) is 1.49. The van der Waals surface area contributed by atoms with E-state index >= 15 is 0 Å². The zero-order valence-corrected chi connectivity index (χ0v) is 6.86. The van der Waals surface area contributed by atoms with Gasteiger partial charge in [0.05, 0.1) is 5.88 Å². The van der Waals surface area contributed by atoms with Crippen LogP contribution in [0.2, 0.25) is 0 Å². The highest BCUT2D eigenvalue weighted by molar-refractivity contribution is 6.18. The Morgan fingerprint density at radius 3 is 1.78 bits per heavy atom. The normalized spacial score (nSPS) is 12.0. The lowest BCUT2D eigenvalue weighted by atomic mass is 10.2. The molecule has 0 radical (unpaired) electrons. The lowest BCUT2D eigenvalue weighted by molar-refractivity contribution is -0.191. The van der Waals surface area contributed by atoms with Crippen LogP contribution in [0.3, 0.4) is 0 Å². The van der Waals surface area contributed by atoms with Crippen molar-refractivity contribution in [2.45, 2.75) is 19.1 Å². The number of hydrogen-bond donors (Lipinski definition) is 0. The van der Waals surface area contributed by atoms with Crippen LogP contribution < -0.4 is 0 Å². The molecular formula is C6H13ClO2. The first-order chi connectivity index (χ1) is 4.24. The van der Waals surface area contributed by atoms with Crippen molar-refractivity contribution in [2.75, 3.05) is 20.1 Å². The first kappa shape index (κ1) is 9.21. The van der Waals surface area contributed by atoms with Crippen LogP contribution in [0, 0.1) is 0 Å². The fraction of sp³-hybridized carbons (Fsp3) is 1.00. The summed E-state index contributed by atoms with van der Waals surface area (Å²) < 4.78 is 10.1. The minimum atomic E-state index is -0.568. The molecule has 56 valence electrons. The van der Waals surface area contributed by atoms with E-state index in [2.05, 4.69) is 0 Å². The highest BCUT2D eigenvalue weighted by Gasteiger charge is 2.25. The number of methoxy groups -OCH3 is 2. The van der Waals surface area contributed by atoms with Crippen molar-refractivity contribution in [3.63, 3.8) is 0 Å². The van der Waals surface area contributed by atoms with E-state index in [-0.39, 0.29) is 0 Å². The maximum atomic E-state index is 5.57. The van der Waals surface area contributed by atoms with Crippen molar-refractivity contribution >= 4 is 11.6 Å². The third-order valence-corrected chi connectivity index (χ3v) is 1.89. The molecule has 0 aromatic rings. The van der Waals surface area contributed by atoms with Crippen molar-refractivity contribution < 1.29 is 9.47 Å². The average molecular weight is 153 g/mol. The number of ether oxygens (including phenoxy) is 2. The molecule has 0 aromatic heterocycles. The zero-order chi connectivity index (χ0) is 7.33. The zero-order valence-electron chi connectivity index (χ0n) is 6.11. The molecule has 0 saturated carbocycles. The second-order valence-corrected chi connectivity index (χ2v) is 2.07. The highest BCUT2D eigenvalue weighted by atomic mass is 35.5. The van der Waals surface area contributed by atoms with Crippen LogP contribution in [-0.4, -0.2) is 25.9 Å². The maximum absolute atomic E-state index is 5.57. The second kappa shape index (κ2) is 4.09. The molecule has 0 aromatic carbocycles. The Balaban J connectivity index is 3.82. The summed E-state index contributed by atoms with van der Waals surface area (Å²) in [5.41, 5.74) is 0. The van der Waals surface area contributed by atoms with Crippen LogP contribution in [0.5, 0.6) is 0 Å². The number of rotatable bonds is 4. The Morgan fingerprint density at radius 1 is 1.33 bits per heavy atom. The van der Waals surface area contributed by atoms with Crippen molar-refractivity contribution in [2.24, 2.45) is 0 Å². The number of halogens is 1. The summed E-state index contributed by atoms with van der Waals surface area (Å²) in [5, 5.41) is 0. The molecule has 2 nitrogen and oxygen atoms in total. The van der Waals surface area contributed by atoms with Gasteiger partial charge < -0.3 is 9.47 Å². The molecule has 0 unspecified atom stereocenters. The van der Waals surface area contributed by atoms with Crippen molar-refractivity contribution in [1.82, 2.24) is 0 Å². The monoisotopic (exact) mass is 152 g/mol. The second-order valence-electron chi connectivity index (χ2n) is 1.81. The Hall–Kier alpha value is 0.210. The Morgan fingerprint density at radius 2 is 1.78 bits per heavy atom. The Kier molecular flexibility index (Phi) is 4.19. The predicted molar refractivity (Wildman–Crippen MR) is 37.8 cm³/mol. The van der Waals surface area contributed by atoms with Crippen LogP contribution in [0.15, 0.2) is 0 Å². The smallest absolute Gasteiger partial charge is 0.180 e. The van der Waals surface area contributed by atoms with Crippen LogP contribution in [0.4, 0.5) is 0 Å². The Bertz CT molecular complexity index is 53.9. The van der Waals surface area contributed by atoms with Gasteiger partial charge in [-0.25, -0.2) is 0 Å². The van der Waals surface area contributed by atoms with Crippen LogP contribution in [0.1, 0.15) is 13.3 Å². The summed E-state index contributed by atoms with van der Waals surface area (Å²) in [7, 11) is 3.19. The van der Waals surface area contributed by atoms with E-state index in [4.69, 9.17) is 21.1 Å². The summed E-state index contributed by atoms with van der Waals surface area (Å²) in [6.07, 6.45) is 0.767. The van der Waals surface area contributed by atoms with E-state index in [1.165, 1.54) is 0 Å². The molecule has 0 fully saturated rings. The fourth-order valence-electron chi connectivity index (χ4n) is 0.576. The van der Waals surface area contributed by atoms with E-state index in [1.807, 2.05) is 6.92 Å². The molecule has 0 rings (SSSR count). The maximum Gasteiger partial charge on any atom is 0.180 e. The predicted octanol–water partition coefficient (Wildman–Crippen LogP) is 1.62. The van der Waals surface area contributed by atoms with Gasteiger partial charge in [-0.05, 0) is 6.42 Å². The quantitative estimate of drug-likeness (QED) is 0.450. The topological polar surface area (TPSA) is 18.5 Å². The third kappa shape index (κ3) is 2.12. The van der Waals surface area contributed by atoms with Crippen molar-refractivity contribution in [3.8, 4) is 0 Å².